The highest BCUT2D eigenvalue weighted by Gasteiger charge is 2.38. The molecule has 4 rings (SSSR count). The van der Waals surface area contributed by atoms with Crippen LogP contribution in [-0.2, 0) is 5.54 Å². The third-order valence-corrected chi connectivity index (χ3v) is 8.65. The fourth-order valence-electron chi connectivity index (χ4n) is 5.87. The molecule has 1 aliphatic heterocycles. The van der Waals surface area contributed by atoms with Crippen molar-refractivity contribution in [1.82, 2.24) is 10.2 Å². The smallest absolute Gasteiger partial charge is 0.114 e. The number of hydrogen-bond acceptors (Lipinski definition) is 4. The summed E-state index contributed by atoms with van der Waals surface area (Å²) in [5.74, 6) is 0.765. The third-order valence-electron chi connectivity index (χ3n) is 7.98. The highest BCUT2D eigenvalue weighted by Crippen LogP contribution is 2.37. The zero-order valence-electron chi connectivity index (χ0n) is 24.8. The van der Waals surface area contributed by atoms with Gasteiger partial charge in [0.1, 0.15) is 5.84 Å². The molecule has 0 unspecified atom stereocenters. The number of amidine groups is 1. The Kier molecular flexibility index (Phi) is 13.4. The van der Waals surface area contributed by atoms with Gasteiger partial charge in [-0.1, -0.05) is 87.7 Å². The molecule has 2 aliphatic rings. The van der Waals surface area contributed by atoms with E-state index in [1.165, 1.54) is 31.2 Å². The topological polar surface area (TPSA) is 77.4 Å². The molecule has 1 heterocycles. The molecular weight excluding hydrogens is 549 g/mol. The predicted octanol–water partition coefficient (Wildman–Crippen LogP) is 8.09. The van der Waals surface area contributed by atoms with Crippen LogP contribution in [-0.4, -0.2) is 42.3 Å². The molecule has 7 heteroatoms. The summed E-state index contributed by atoms with van der Waals surface area (Å²) in [5.41, 5.74) is 11.1. The summed E-state index contributed by atoms with van der Waals surface area (Å²) in [6, 6.07) is 19.5. The number of piperidine rings is 1. The molecule has 2 aromatic rings. The minimum absolute atomic E-state index is 0.194. The molecule has 0 radical (unpaired) electrons. The van der Waals surface area contributed by atoms with Crippen LogP contribution in [0.15, 0.2) is 76.4 Å². The number of nitriles is 1. The van der Waals surface area contributed by atoms with E-state index >= 15 is 0 Å². The van der Waals surface area contributed by atoms with Gasteiger partial charge in [-0.15, -0.1) is 11.6 Å². The van der Waals surface area contributed by atoms with Crippen LogP contribution in [0.2, 0.25) is 0 Å². The zero-order valence-corrected chi connectivity index (χ0v) is 26.3. The van der Waals surface area contributed by atoms with Gasteiger partial charge < -0.3 is 16.0 Å². The van der Waals surface area contributed by atoms with Gasteiger partial charge in [-0.25, -0.2) is 4.99 Å². The minimum Gasteiger partial charge on any atom is -0.386 e. The van der Waals surface area contributed by atoms with Crippen LogP contribution in [0.3, 0.4) is 0 Å². The molecule has 220 valence electrons. The Hall–Kier alpha value is -2.62. The Labute approximate surface area is 257 Å². The maximum absolute atomic E-state index is 9.30. The molecule has 3 N–H and O–H groups in total. The van der Waals surface area contributed by atoms with Crippen LogP contribution in [0.4, 0.5) is 0 Å². The monoisotopic (exact) mass is 593 g/mol. The Bertz CT molecular complexity index is 1230. The highest BCUT2D eigenvalue weighted by molar-refractivity contribution is 6.35. The maximum atomic E-state index is 9.30. The molecule has 0 aromatic heterocycles. The van der Waals surface area contributed by atoms with Crippen molar-refractivity contribution in [1.29, 1.82) is 5.26 Å². The first-order valence-corrected chi connectivity index (χ1v) is 15.9. The lowest BCUT2D eigenvalue weighted by Gasteiger charge is -2.45. The normalized spacial score (nSPS) is 18.5. The average Bonchev–Trinajstić information content (AvgIpc) is 3.57. The number of nitrogens with one attached hydrogen (secondary N) is 1. The second-order valence-electron chi connectivity index (χ2n) is 10.5. The number of rotatable bonds is 10. The second kappa shape index (κ2) is 16.7. The standard InChI is InChI=1S/C32H39Cl2N5.C2H6/c1-2-6-29(20-28(34)21-33)38-31(36)23-37-32(15-17-39(18-16-32)30-9-3-4-10-30)27-13-11-25(12-14-27)26-8-5-7-24(19-26)22-35;1-2/h5-8,11-14,19-20,30,37H,2-4,9-10,15-18,21,23H2,1H3,(H2,36,38);1-2H3/b28-20+,29-6+;. The Morgan fingerprint density at radius 3 is 2.41 bits per heavy atom. The summed E-state index contributed by atoms with van der Waals surface area (Å²) >= 11 is 12.0. The van der Waals surface area contributed by atoms with Gasteiger partial charge in [0, 0.05) is 29.7 Å². The molecule has 0 amide bonds. The van der Waals surface area contributed by atoms with Gasteiger partial charge in [-0.3, -0.25) is 0 Å². The first-order chi connectivity index (χ1) is 20.0. The van der Waals surface area contributed by atoms with Gasteiger partial charge in [-0.05, 0) is 67.0 Å². The predicted molar refractivity (Wildman–Crippen MR) is 175 cm³/mol. The molecule has 1 saturated carbocycles. The van der Waals surface area contributed by atoms with Crippen LogP contribution < -0.4 is 11.1 Å². The van der Waals surface area contributed by atoms with Crippen molar-refractivity contribution in [2.75, 3.05) is 25.5 Å². The zero-order chi connectivity index (χ0) is 29.7. The highest BCUT2D eigenvalue weighted by atomic mass is 35.5. The van der Waals surface area contributed by atoms with Crippen molar-refractivity contribution in [3.05, 3.63) is 82.5 Å². The van der Waals surface area contributed by atoms with E-state index in [-0.39, 0.29) is 11.4 Å². The van der Waals surface area contributed by atoms with Crippen LogP contribution in [0.1, 0.15) is 76.8 Å². The fraction of sp³-hybridized carbons (Fsp3) is 0.471. The van der Waals surface area contributed by atoms with Gasteiger partial charge in [0.05, 0.1) is 29.8 Å². The van der Waals surface area contributed by atoms with Crippen LogP contribution >= 0.6 is 23.2 Å². The molecular formula is C34H45Cl2N5. The largest absolute Gasteiger partial charge is 0.386 e. The van der Waals surface area contributed by atoms with Gasteiger partial charge in [0.15, 0.2) is 0 Å². The number of aliphatic imine (C=N–C) groups is 1. The quantitative estimate of drug-likeness (QED) is 0.126. The van der Waals surface area contributed by atoms with E-state index in [0.717, 1.165) is 55.2 Å². The number of alkyl halides is 1. The summed E-state index contributed by atoms with van der Waals surface area (Å²) in [7, 11) is 0. The van der Waals surface area contributed by atoms with Crippen molar-refractivity contribution < 1.29 is 0 Å². The number of hydrogen-bond donors (Lipinski definition) is 2. The average molecular weight is 595 g/mol. The number of halogens is 2. The SMILES string of the molecule is CC.CC/C=C(\C=C(\Cl)CCl)N=C(N)CNC1(c2ccc(-c3cccc(C#N)c3)cc2)CCN(C2CCCC2)CC1. The van der Waals surface area contributed by atoms with E-state index in [2.05, 4.69) is 52.5 Å². The molecule has 1 aliphatic carbocycles. The van der Waals surface area contributed by atoms with E-state index in [4.69, 9.17) is 28.9 Å². The van der Waals surface area contributed by atoms with Crippen LogP contribution in [0.25, 0.3) is 11.1 Å². The Morgan fingerprint density at radius 1 is 1.12 bits per heavy atom. The second-order valence-corrected chi connectivity index (χ2v) is 11.3. The number of nitrogens with zero attached hydrogens (tertiary/aromatic N) is 3. The summed E-state index contributed by atoms with van der Waals surface area (Å²) in [5, 5.41) is 13.7. The first-order valence-electron chi connectivity index (χ1n) is 15.0. The number of allylic oxidation sites excluding steroid dienone is 3. The summed E-state index contributed by atoms with van der Waals surface area (Å²) in [6.45, 7) is 8.66. The first kappa shape index (κ1) is 32.9. The molecule has 41 heavy (non-hydrogen) atoms. The van der Waals surface area contributed by atoms with Gasteiger partial charge in [0.25, 0.3) is 0 Å². The number of likely N-dealkylation sites (tertiary alicyclic amines) is 1. The van der Waals surface area contributed by atoms with Crippen molar-refractivity contribution in [3.63, 3.8) is 0 Å². The lowest BCUT2D eigenvalue weighted by Crippen LogP contribution is -2.54. The van der Waals surface area contributed by atoms with E-state index in [0.29, 0.717) is 23.0 Å². The van der Waals surface area contributed by atoms with Crippen LogP contribution in [0, 0.1) is 11.3 Å². The van der Waals surface area contributed by atoms with E-state index < -0.39 is 0 Å². The number of benzene rings is 2. The summed E-state index contributed by atoms with van der Waals surface area (Å²) in [6.07, 6.45) is 12.0. The molecule has 0 spiro atoms. The van der Waals surface area contributed by atoms with Crippen molar-refractivity contribution in [2.45, 2.75) is 77.3 Å². The molecule has 0 bridgehead atoms. The molecule has 5 nitrogen and oxygen atoms in total. The summed E-state index contributed by atoms with van der Waals surface area (Å²) in [4.78, 5) is 7.34. The van der Waals surface area contributed by atoms with Gasteiger partial charge >= 0.3 is 0 Å². The summed E-state index contributed by atoms with van der Waals surface area (Å²) < 4.78 is 0. The molecule has 2 fully saturated rings. The minimum atomic E-state index is -0.194. The van der Waals surface area contributed by atoms with E-state index in [1.54, 1.807) is 6.08 Å². The van der Waals surface area contributed by atoms with Crippen molar-refractivity contribution >= 4 is 29.0 Å². The lowest BCUT2D eigenvalue weighted by atomic mass is 9.79. The van der Waals surface area contributed by atoms with Gasteiger partial charge in [-0.2, -0.15) is 5.26 Å². The van der Waals surface area contributed by atoms with Gasteiger partial charge in [0.2, 0.25) is 0 Å². The van der Waals surface area contributed by atoms with Crippen molar-refractivity contribution in [2.24, 2.45) is 10.7 Å². The molecule has 1 saturated heterocycles. The van der Waals surface area contributed by atoms with Crippen molar-refractivity contribution in [3.8, 4) is 17.2 Å². The lowest BCUT2D eigenvalue weighted by molar-refractivity contribution is 0.101. The molecule has 0 atom stereocenters. The third kappa shape index (κ3) is 9.18. The molecule has 2 aromatic carbocycles. The van der Waals surface area contributed by atoms with E-state index in [9.17, 15) is 5.26 Å². The van der Waals surface area contributed by atoms with Crippen LogP contribution in [0.5, 0.6) is 0 Å². The Balaban J connectivity index is 0.00000226. The maximum Gasteiger partial charge on any atom is 0.114 e. The Morgan fingerprint density at radius 2 is 1.80 bits per heavy atom. The number of nitrogens with two attached hydrogens (primary N) is 1. The fourth-order valence-corrected chi connectivity index (χ4v) is 6.06. The van der Waals surface area contributed by atoms with E-state index in [1.807, 2.05) is 44.2 Å².